The number of phenols is 2. The van der Waals surface area contributed by atoms with Crippen molar-refractivity contribution in [1.29, 1.82) is 0 Å². The average molecular weight is 358 g/mol. The van der Waals surface area contributed by atoms with Crippen LogP contribution in [0.2, 0.25) is 0 Å². The van der Waals surface area contributed by atoms with Crippen molar-refractivity contribution in [1.82, 2.24) is 0 Å². The van der Waals surface area contributed by atoms with Crippen LogP contribution in [0.25, 0.3) is 0 Å². The molecule has 0 heterocycles. The maximum atomic E-state index is 11.8. The van der Waals surface area contributed by atoms with Crippen LogP contribution in [0.1, 0.15) is 80.3 Å². The van der Waals surface area contributed by atoms with Crippen molar-refractivity contribution < 1.29 is 20.1 Å². The van der Waals surface area contributed by atoms with Gasteiger partial charge in [0.25, 0.3) is 0 Å². The molecule has 2 atom stereocenters. The predicted molar refractivity (Wildman–Crippen MR) is 104 cm³/mol. The number of benzene rings is 1. The summed E-state index contributed by atoms with van der Waals surface area (Å²) in [7, 11) is 0. The van der Waals surface area contributed by atoms with Crippen LogP contribution < -0.4 is 0 Å². The van der Waals surface area contributed by atoms with Crippen LogP contribution in [0.5, 0.6) is 11.5 Å². The summed E-state index contributed by atoms with van der Waals surface area (Å²) in [6.45, 7) is 10.1. The minimum absolute atomic E-state index is 0.0267. The second-order valence-corrected chi connectivity index (χ2v) is 7.48. The summed E-state index contributed by atoms with van der Waals surface area (Å²) < 4.78 is 0. The molecule has 0 saturated heterocycles. The lowest BCUT2D eigenvalue weighted by Gasteiger charge is -2.32. The third-order valence-electron chi connectivity index (χ3n) is 5.38. The Morgan fingerprint density at radius 3 is 2.58 bits per heavy atom. The maximum Gasteiger partial charge on any atom is 0.339 e. The molecule has 142 valence electrons. The molecule has 1 aromatic rings. The van der Waals surface area contributed by atoms with E-state index >= 15 is 0 Å². The van der Waals surface area contributed by atoms with Crippen molar-refractivity contribution in [2.24, 2.45) is 5.92 Å². The molecule has 3 N–H and O–H groups in total. The molecular formula is C22H30O4. The minimum atomic E-state index is -1.15. The molecule has 1 aliphatic carbocycles. The SMILES string of the molecule is C=C(C)[C@H]1CCC(C)=CC1c1c(O)cc(CCCCC)c(C(=O)O)c1O. The summed E-state index contributed by atoms with van der Waals surface area (Å²) in [6, 6.07) is 1.53. The molecule has 0 aliphatic heterocycles. The first-order valence-corrected chi connectivity index (χ1v) is 9.41. The van der Waals surface area contributed by atoms with Crippen molar-refractivity contribution in [2.45, 2.75) is 65.2 Å². The van der Waals surface area contributed by atoms with Gasteiger partial charge in [0.2, 0.25) is 0 Å². The molecule has 26 heavy (non-hydrogen) atoms. The lowest BCUT2D eigenvalue weighted by atomic mass is 9.73. The van der Waals surface area contributed by atoms with Gasteiger partial charge in [0.05, 0.1) is 0 Å². The van der Waals surface area contributed by atoms with E-state index in [1.54, 1.807) is 0 Å². The van der Waals surface area contributed by atoms with Crippen LogP contribution >= 0.6 is 0 Å². The third-order valence-corrected chi connectivity index (χ3v) is 5.38. The topological polar surface area (TPSA) is 77.8 Å². The molecule has 1 aliphatic rings. The smallest absolute Gasteiger partial charge is 0.339 e. The molecule has 0 saturated carbocycles. The van der Waals surface area contributed by atoms with Gasteiger partial charge in [-0.1, -0.05) is 43.6 Å². The van der Waals surface area contributed by atoms with Crippen molar-refractivity contribution >= 4 is 5.97 Å². The Balaban J connectivity index is 2.58. The second-order valence-electron chi connectivity index (χ2n) is 7.48. The van der Waals surface area contributed by atoms with Crippen LogP contribution in [-0.2, 0) is 6.42 Å². The minimum Gasteiger partial charge on any atom is -0.507 e. The van der Waals surface area contributed by atoms with Gasteiger partial charge in [-0.25, -0.2) is 4.79 Å². The highest BCUT2D eigenvalue weighted by Gasteiger charge is 2.32. The summed E-state index contributed by atoms with van der Waals surface area (Å²) in [4.78, 5) is 11.8. The first-order chi connectivity index (χ1) is 12.3. The number of carbonyl (C=O) groups is 1. The van der Waals surface area contributed by atoms with Gasteiger partial charge in [-0.3, -0.25) is 0 Å². The Hall–Kier alpha value is -2.23. The standard InChI is InChI=1S/C22H30O4/c1-5-6-7-8-15-12-18(23)20(21(24)19(15)22(25)26)17-11-14(4)9-10-16(17)13(2)3/h11-12,16-17,23-24H,2,5-10H2,1,3-4H3,(H,25,26)/t16-,17?/m1/s1. The van der Waals surface area contributed by atoms with Gasteiger partial charge in [0.1, 0.15) is 17.1 Å². The lowest BCUT2D eigenvalue weighted by Crippen LogP contribution is -2.18. The summed E-state index contributed by atoms with van der Waals surface area (Å²) in [5.74, 6) is -1.67. The van der Waals surface area contributed by atoms with Crippen LogP contribution in [0, 0.1) is 5.92 Å². The van der Waals surface area contributed by atoms with Gasteiger partial charge in [-0.15, -0.1) is 0 Å². The van der Waals surface area contributed by atoms with Crippen molar-refractivity contribution in [2.75, 3.05) is 0 Å². The molecule has 1 aromatic carbocycles. The third kappa shape index (κ3) is 4.12. The Morgan fingerprint density at radius 1 is 1.31 bits per heavy atom. The molecule has 0 radical (unpaired) electrons. The molecule has 0 spiro atoms. The number of allylic oxidation sites excluding steroid dienone is 3. The van der Waals surface area contributed by atoms with Gasteiger partial charge < -0.3 is 15.3 Å². The van der Waals surface area contributed by atoms with E-state index < -0.39 is 5.97 Å². The van der Waals surface area contributed by atoms with Crippen LogP contribution in [0.3, 0.4) is 0 Å². The van der Waals surface area contributed by atoms with E-state index in [-0.39, 0.29) is 28.9 Å². The quantitative estimate of drug-likeness (QED) is 0.441. The molecule has 0 amide bonds. The highest BCUT2D eigenvalue weighted by Crippen LogP contribution is 2.48. The number of hydrogen-bond acceptors (Lipinski definition) is 3. The largest absolute Gasteiger partial charge is 0.507 e. The number of hydrogen-bond donors (Lipinski definition) is 3. The maximum absolute atomic E-state index is 11.8. The molecule has 2 rings (SSSR count). The number of carboxylic acid groups (broad SMARTS) is 1. The van der Waals surface area contributed by atoms with Gasteiger partial charge in [0, 0.05) is 11.5 Å². The number of aromatic carboxylic acids is 1. The van der Waals surface area contributed by atoms with Gasteiger partial charge in [-0.05, 0) is 57.1 Å². The van der Waals surface area contributed by atoms with E-state index in [0.29, 0.717) is 17.5 Å². The molecule has 1 unspecified atom stereocenters. The summed E-state index contributed by atoms with van der Waals surface area (Å²) in [5, 5.41) is 31.1. The normalized spacial score (nSPS) is 19.9. The highest BCUT2D eigenvalue weighted by molar-refractivity contribution is 5.94. The summed E-state index contributed by atoms with van der Waals surface area (Å²) in [6.07, 6.45) is 7.19. The van der Waals surface area contributed by atoms with Gasteiger partial charge >= 0.3 is 5.97 Å². The van der Waals surface area contributed by atoms with Crippen molar-refractivity contribution in [3.63, 3.8) is 0 Å². The summed E-state index contributed by atoms with van der Waals surface area (Å²) >= 11 is 0. The Kier molecular flexibility index (Phi) is 6.52. The molecule has 0 bridgehead atoms. The van der Waals surface area contributed by atoms with E-state index in [1.807, 2.05) is 19.9 Å². The van der Waals surface area contributed by atoms with Crippen molar-refractivity contribution in [3.05, 3.63) is 46.6 Å². The fourth-order valence-electron chi connectivity index (χ4n) is 3.96. The number of aryl methyl sites for hydroxylation is 1. The van der Waals surface area contributed by atoms with E-state index in [0.717, 1.165) is 37.7 Å². The van der Waals surface area contributed by atoms with Crippen LogP contribution in [0.15, 0.2) is 29.9 Å². The van der Waals surface area contributed by atoms with Gasteiger partial charge in [0.15, 0.2) is 0 Å². The Bertz CT molecular complexity index is 730. The van der Waals surface area contributed by atoms with Gasteiger partial charge in [-0.2, -0.15) is 0 Å². The number of aromatic hydroxyl groups is 2. The zero-order chi connectivity index (χ0) is 19.4. The number of unbranched alkanes of at least 4 members (excludes halogenated alkanes) is 2. The summed E-state index contributed by atoms with van der Waals surface area (Å²) in [5.41, 5.74) is 2.88. The van der Waals surface area contributed by atoms with Crippen LogP contribution in [-0.4, -0.2) is 21.3 Å². The molecule has 4 nitrogen and oxygen atoms in total. The zero-order valence-corrected chi connectivity index (χ0v) is 16.0. The average Bonchev–Trinajstić information content (AvgIpc) is 2.54. The molecule has 4 heteroatoms. The monoisotopic (exact) mass is 358 g/mol. The number of rotatable bonds is 7. The van der Waals surface area contributed by atoms with E-state index in [2.05, 4.69) is 13.5 Å². The molecule has 0 aromatic heterocycles. The van der Waals surface area contributed by atoms with E-state index in [1.165, 1.54) is 11.6 Å². The fraction of sp³-hybridized carbons (Fsp3) is 0.500. The molecular weight excluding hydrogens is 328 g/mol. The second kappa shape index (κ2) is 8.43. The first kappa shape index (κ1) is 20.1. The zero-order valence-electron chi connectivity index (χ0n) is 16.0. The number of carboxylic acids is 1. The van der Waals surface area contributed by atoms with Crippen molar-refractivity contribution in [3.8, 4) is 11.5 Å². The lowest BCUT2D eigenvalue weighted by molar-refractivity contribution is 0.0692. The molecule has 0 fully saturated rings. The van der Waals surface area contributed by atoms with Crippen LogP contribution in [0.4, 0.5) is 0 Å². The number of phenolic OH excluding ortho intramolecular Hbond substituents is 1. The predicted octanol–water partition coefficient (Wildman–Crippen LogP) is 5.54. The van der Waals surface area contributed by atoms with E-state index in [4.69, 9.17) is 0 Å². The fourth-order valence-corrected chi connectivity index (χ4v) is 3.96. The Labute approximate surface area is 155 Å². The first-order valence-electron chi connectivity index (χ1n) is 9.41. The highest BCUT2D eigenvalue weighted by atomic mass is 16.4. The Morgan fingerprint density at radius 2 is 2.00 bits per heavy atom. The van der Waals surface area contributed by atoms with E-state index in [9.17, 15) is 20.1 Å².